The molecule has 3 aromatic rings. The van der Waals surface area contributed by atoms with Crippen molar-refractivity contribution in [1.29, 1.82) is 0 Å². The third-order valence-corrected chi connectivity index (χ3v) is 5.85. The van der Waals surface area contributed by atoms with Crippen LogP contribution in [0.5, 0.6) is 0 Å². The predicted molar refractivity (Wildman–Crippen MR) is 118 cm³/mol. The molecule has 0 bridgehead atoms. The molecule has 0 spiro atoms. The third-order valence-electron chi connectivity index (χ3n) is 5.07. The van der Waals surface area contributed by atoms with Crippen LogP contribution in [-0.2, 0) is 29.2 Å². The molecule has 0 aliphatic rings. The summed E-state index contributed by atoms with van der Waals surface area (Å²) in [4.78, 5) is 13.6. The van der Waals surface area contributed by atoms with Gasteiger partial charge in [-0.25, -0.2) is 35.3 Å². The van der Waals surface area contributed by atoms with Gasteiger partial charge in [0.2, 0.25) is 5.82 Å². The van der Waals surface area contributed by atoms with Gasteiger partial charge in [0.15, 0.2) is 29.3 Å². The van der Waals surface area contributed by atoms with Crippen molar-refractivity contribution >= 4 is 22.9 Å². The van der Waals surface area contributed by atoms with Gasteiger partial charge in [-0.1, -0.05) is 60.7 Å². The van der Waals surface area contributed by atoms with Crippen molar-refractivity contribution < 1.29 is 40.6 Å². The van der Waals surface area contributed by atoms with Crippen LogP contribution >= 0.6 is 0 Å². The molecule has 2 atom stereocenters. The second-order valence-corrected chi connectivity index (χ2v) is 8.32. The fourth-order valence-corrected chi connectivity index (χ4v) is 4.19. The molecule has 0 aromatic heterocycles. The summed E-state index contributed by atoms with van der Waals surface area (Å²) in [6, 6.07) is 15.2. The second kappa shape index (κ2) is 11.4. The molecule has 1 unspecified atom stereocenters. The number of anilines is 1. The Kier molecular flexibility index (Phi) is 8.54. The first-order valence-electron chi connectivity index (χ1n) is 10.1. The average Bonchev–Trinajstić information content (AvgIpc) is 2.84. The van der Waals surface area contributed by atoms with Crippen LogP contribution in [0.2, 0.25) is 0 Å². The topological polar surface area (TPSA) is 81.1 Å². The van der Waals surface area contributed by atoms with Gasteiger partial charge in [0.25, 0.3) is 11.3 Å². The van der Waals surface area contributed by atoms with E-state index in [0.29, 0.717) is 0 Å². The zero-order valence-corrected chi connectivity index (χ0v) is 18.7. The van der Waals surface area contributed by atoms with E-state index >= 15 is 0 Å². The maximum atomic E-state index is 14.5. The van der Waals surface area contributed by atoms with Crippen LogP contribution in [0.25, 0.3) is 0 Å². The van der Waals surface area contributed by atoms with Crippen molar-refractivity contribution in [3.8, 4) is 0 Å². The summed E-state index contributed by atoms with van der Waals surface area (Å²) in [6.07, 6.45) is 0. The van der Waals surface area contributed by atoms with Gasteiger partial charge < -0.3 is 5.11 Å². The molecule has 35 heavy (non-hydrogen) atoms. The smallest absolute Gasteiger partial charge is 0.328 e. The number of carboxylic acids is 1. The van der Waals surface area contributed by atoms with Gasteiger partial charge in [-0.05, 0) is 11.1 Å². The van der Waals surface area contributed by atoms with Crippen LogP contribution in [0, 0.1) is 29.1 Å². The number of carboxylic acid groups (broad SMARTS) is 1. The molecule has 0 aliphatic carbocycles. The number of rotatable bonds is 10. The summed E-state index contributed by atoms with van der Waals surface area (Å²) >= 11 is -3.47. The highest BCUT2D eigenvalue weighted by molar-refractivity contribution is 7.80. The van der Waals surface area contributed by atoms with E-state index in [-0.39, 0.29) is 17.4 Å². The van der Waals surface area contributed by atoms with E-state index in [2.05, 4.69) is 0 Å². The molecule has 3 aromatic carbocycles. The normalized spacial score (nSPS) is 13.0. The summed E-state index contributed by atoms with van der Waals surface area (Å²) in [6.45, 7) is -0.379. The molecule has 0 heterocycles. The molecule has 3 rings (SSSR count). The Hall–Kier alpha value is -3.35. The molecular formula is C23H19F5N2O4S. The molecule has 2 N–H and O–H groups in total. The number of halogens is 5. The van der Waals surface area contributed by atoms with Gasteiger partial charge >= 0.3 is 5.97 Å². The number of hydrogen-bond donors (Lipinski definition) is 2. The van der Waals surface area contributed by atoms with Crippen molar-refractivity contribution in [2.75, 3.05) is 10.8 Å². The second-order valence-electron chi connectivity index (χ2n) is 7.47. The van der Waals surface area contributed by atoms with E-state index < -0.39 is 64.6 Å². The van der Waals surface area contributed by atoms with Crippen molar-refractivity contribution in [2.24, 2.45) is 0 Å². The van der Waals surface area contributed by atoms with Crippen LogP contribution in [0.3, 0.4) is 0 Å². The van der Waals surface area contributed by atoms with Crippen LogP contribution in [0.4, 0.5) is 27.6 Å². The molecule has 0 radical (unpaired) electrons. The van der Waals surface area contributed by atoms with Gasteiger partial charge in [-0.3, -0.25) is 9.45 Å². The minimum Gasteiger partial charge on any atom is -0.480 e. The van der Waals surface area contributed by atoms with Crippen molar-refractivity contribution in [2.45, 2.75) is 19.1 Å². The molecule has 186 valence electrons. The number of carbonyl (C=O) groups is 1. The SMILES string of the molecule is O=C(O)[C@H](CN(Cc1ccccc1)Cc1ccccc1)N(c1c(F)c(F)c(F)c(F)c1F)S(=O)O. The average molecular weight is 514 g/mol. The number of aliphatic carboxylic acids is 1. The Labute approximate surface area is 199 Å². The quantitative estimate of drug-likeness (QED) is 0.181. The summed E-state index contributed by atoms with van der Waals surface area (Å²) in [7, 11) is 0. The summed E-state index contributed by atoms with van der Waals surface area (Å²) < 4.78 is 91.5. The molecular weight excluding hydrogens is 495 g/mol. The van der Waals surface area contributed by atoms with Crippen molar-refractivity contribution in [3.63, 3.8) is 0 Å². The Bertz CT molecular complexity index is 1150. The zero-order chi connectivity index (χ0) is 25.7. The van der Waals surface area contributed by atoms with Crippen LogP contribution in [0.1, 0.15) is 11.1 Å². The van der Waals surface area contributed by atoms with Crippen LogP contribution < -0.4 is 4.31 Å². The summed E-state index contributed by atoms with van der Waals surface area (Å²) in [5.74, 6) is -13.9. The molecule has 12 heteroatoms. The van der Waals surface area contributed by atoms with E-state index in [4.69, 9.17) is 0 Å². The fraction of sp³-hybridized carbons (Fsp3) is 0.174. The number of benzene rings is 3. The fourth-order valence-electron chi connectivity index (χ4n) is 3.49. The van der Waals surface area contributed by atoms with E-state index in [0.717, 1.165) is 11.1 Å². The third kappa shape index (κ3) is 6.02. The first-order valence-corrected chi connectivity index (χ1v) is 11.1. The molecule has 0 aliphatic heterocycles. The standard InChI is InChI=1S/C23H19F5N2O4S/c24-17-18(25)20(27)22(21(28)19(17)26)30(35(33)34)16(23(31)32)13-29(11-14-7-3-1-4-8-14)12-15-9-5-2-6-10-15/h1-10,16H,11-13H2,(H,31,32)(H,33,34)/t16-/m0/s1. The maximum absolute atomic E-state index is 14.5. The molecule has 0 amide bonds. The van der Waals surface area contributed by atoms with E-state index in [1.807, 2.05) is 0 Å². The monoisotopic (exact) mass is 514 g/mol. The van der Waals surface area contributed by atoms with E-state index in [1.165, 1.54) is 4.90 Å². The van der Waals surface area contributed by atoms with E-state index in [9.17, 15) is 40.6 Å². The van der Waals surface area contributed by atoms with Crippen molar-refractivity contribution in [3.05, 3.63) is 101 Å². The van der Waals surface area contributed by atoms with Gasteiger partial charge in [0.1, 0.15) is 5.69 Å². The minimum atomic E-state index is -3.47. The Morgan fingerprint density at radius 3 is 1.54 bits per heavy atom. The Balaban J connectivity index is 2.05. The first-order chi connectivity index (χ1) is 16.6. The van der Waals surface area contributed by atoms with Gasteiger partial charge in [0, 0.05) is 19.6 Å². The molecule has 0 saturated heterocycles. The zero-order valence-electron chi connectivity index (χ0n) is 17.9. The lowest BCUT2D eigenvalue weighted by Gasteiger charge is -2.32. The van der Waals surface area contributed by atoms with Gasteiger partial charge in [0.05, 0.1) is 0 Å². The lowest BCUT2D eigenvalue weighted by atomic mass is 10.1. The highest BCUT2D eigenvalue weighted by atomic mass is 32.2. The molecule has 6 nitrogen and oxygen atoms in total. The maximum Gasteiger partial charge on any atom is 0.328 e. The first kappa shape index (κ1) is 26.3. The van der Waals surface area contributed by atoms with Crippen LogP contribution in [-0.4, -0.2) is 37.3 Å². The lowest BCUT2D eigenvalue weighted by molar-refractivity contribution is -0.138. The van der Waals surface area contributed by atoms with Crippen LogP contribution in [0.15, 0.2) is 60.7 Å². The number of hydrogen-bond acceptors (Lipinski definition) is 3. The Morgan fingerprint density at radius 1 is 0.771 bits per heavy atom. The molecule has 0 fully saturated rings. The highest BCUT2D eigenvalue weighted by Crippen LogP contribution is 2.32. The lowest BCUT2D eigenvalue weighted by Crippen LogP contribution is -2.50. The molecule has 0 saturated carbocycles. The minimum absolute atomic E-state index is 0.114. The van der Waals surface area contributed by atoms with Gasteiger partial charge in [-0.2, -0.15) is 0 Å². The Morgan fingerprint density at radius 2 is 1.17 bits per heavy atom. The van der Waals surface area contributed by atoms with Gasteiger partial charge in [-0.15, -0.1) is 0 Å². The predicted octanol–water partition coefficient (Wildman–Crippen LogP) is 4.48. The largest absolute Gasteiger partial charge is 0.480 e. The summed E-state index contributed by atoms with van der Waals surface area (Å²) in [5.41, 5.74) is -0.366. The summed E-state index contributed by atoms with van der Waals surface area (Å²) in [5, 5.41) is 9.79. The number of nitrogens with zero attached hydrogens (tertiary/aromatic N) is 2. The van der Waals surface area contributed by atoms with E-state index in [1.54, 1.807) is 60.7 Å². The highest BCUT2D eigenvalue weighted by Gasteiger charge is 2.39. The van der Waals surface area contributed by atoms with Crippen molar-refractivity contribution in [1.82, 2.24) is 4.90 Å².